The number of ether oxygens (including phenoxy) is 5. The summed E-state index contributed by atoms with van der Waals surface area (Å²) in [6, 6.07) is 3.21. The molecule has 1 aromatic rings. The van der Waals surface area contributed by atoms with Gasteiger partial charge in [-0.15, -0.1) is 0 Å². The lowest BCUT2D eigenvalue weighted by atomic mass is 9.82. The predicted octanol–water partition coefficient (Wildman–Crippen LogP) is 1.50. The molecule has 0 aliphatic carbocycles. The fourth-order valence-corrected chi connectivity index (χ4v) is 4.91. The molecule has 2 unspecified atom stereocenters. The van der Waals surface area contributed by atoms with Gasteiger partial charge in [0.2, 0.25) is 11.7 Å². The van der Waals surface area contributed by atoms with Crippen molar-refractivity contribution in [1.82, 2.24) is 4.90 Å². The van der Waals surface area contributed by atoms with Crippen LogP contribution in [-0.4, -0.2) is 63.5 Å². The van der Waals surface area contributed by atoms with Crippen LogP contribution >= 0.6 is 11.8 Å². The fourth-order valence-electron chi connectivity index (χ4n) is 3.75. The number of nitrogens with zero attached hydrogens (tertiary/aromatic N) is 1. The van der Waals surface area contributed by atoms with Crippen LogP contribution < -0.4 is 19.9 Å². The molecule has 1 saturated heterocycles. The van der Waals surface area contributed by atoms with E-state index < -0.39 is 23.1 Å². The molecule has 3 rings (SSSR count). The summed E-state index contributed by atoms with van der Waals surface area (Å²) in [4.78, 5) is 39.8. The zero-order chi connectivity index (χ0) is 23.7. The third kappa shape index (κ3) is 3.52. The third-order valence-corrected chi connectivity index (χ3v) is 6.40. The first-order chi connectivity index (χ1) is 15.2. The Morgan fingerprint density at radius 2 is 1.47 bits per heavy atom. The summed E-state index contributed by atoms with van der Waals surface area (Å²) in [7, 11) is 6.76. The van der Waals surface area contributed by atoms with Gasteiger partial charge in [0.25, 0.3) is 0 Å². The van der Waals surface area contributed by atoms with Gasteiger partial charge in [-0.2, -0.15) is 0 Å². The molecule has 1 fully saturated rings. The quantitative estimate of drug-likeness (QED) is 0.619. The highest BCUT2D eigenvalue weighted by molar-refractivity contribution is 8.04. The van der Waals surface area contributed by atoms with Gasteiger partial charge in [-0.1, -0.05) is 11.8 Å². The molecular formula is C21H24N2O8S. The number of carbonyl (C=O) groups is 3. The Labute approximate surface area is 189 Å². The van der Waals surface area contributed by atoms with Crippen LogP contribution in [0.15, 0.2) is 34.1 Å². The smallest absolute Gasteiger partial charge is 0.338 e. The SMILES string of the molecule is COC(=O)C1=C(N)N2C(=O)C(C)SC2=C(C(=O)OC)C1c1cc(OC)c(OC)c(OC)c1. The maximum absolute atomic E-state index is 13.0. The van der Waals surface area contributed by atoms with E-state index in [1.165, 1.54) is 40.4 Å². The second-order valence-electron chi connectivity index (χ2n) is 6.83. The monoisotopic (exact) mass is 464 g/mol. The predicted molar refractivity (Wildman–Crippen MR) is 115 cm³/mol. The summed E-state index contributed by atoms with van der Waals surface area (Å²) >= 11 is 1.16. The number of hydrogen-bond acceptors (Lipinski definition) is 10. The topological polar surface area (TPSA) is 127 Å². The van der Waals surface area contributed by atoms with Crippen LogP contribution in [0.25, 0.3) is 0 Å². The van der Waals surface area contributed by atoms with E-state index in [9.17, 15) is 14.4 Å². The molecule has 0 radical (unpaired) electrons. The lowest BCUT2D eigenvalue weighted by Crippen LogP contribution is -2.40. The molecule has 2 N–H and O–H groups in total. The Bertz CT molecular complexity index is 1020. The fraction of sp³-hybridized carbons (Fsp3) is 0.381. The molecule has 2 aliphatic heterocycles. The van der Waals surface area contributed by atoms with Crippen molar-refractivity contribution < 1.29 is 38.1 Å². The molecule has 1 aromatic carbocycles. The van der Waals surface area contributed by atoms with Gasteiger partial charge in [0, 0.05) is 0 Å². The van der Waals surface area contributed by atoms with Crippen molar-refractivity contribution in [2.24, 2.45) is 5.73 Å². The zero-order valence-electron chi connectivity index (χ0n) is 18.5. The summed E-state index contributed by atoms with van der Waals surface area (Å²) in [6.07, 6.45) is 0. The minimum absolute atomic E-state index is 0.0750. The molecule has 2 atom stereocenters. The van der Waals surface area contributed by atoms with Crippen LogP contribution in [0.1, 0.15) is 18.4 Å². The molecule has 1 amide bonds. The Balaban J connectivity index is 2.39. The number of hydrogen-bond donors (Lipinski definition) is 1. The van der Waals surface area contributed by atoms with Gasteiger partial charge in [-0.05, 0) is 24.6 Å². The average Bonchev–Trinajstić information content (AvgIpc) is 3.10. The van der Waals surface area contributed by atoms with Crippen molar-refractivity contribution in [3.8, 4) is 17.2 Å². The standard InChI is InChI=1S/C21H24N2O8S/c1-9-18(24)23-17(22)14(20(25)30-5)13(15(19(23)32-9)21(26)31-6)10-7-11(27-2)16(29-4)12(8-10)28-3/h7-9,13H,22H2,1-6H3. The van der Waals surface area contributed by atoms with Crippen LogP contribution in [0.3, 0.4) is 0 Å². The Morgan fingerprint density at radius 1 is 0.938 bits per heavy atom. The van der Waals surface area contributed by atoms with Gasteiger partial charge < -0.3 is 29.4 Å². The molecular weight excluding hydrogens is 440 g/mol. The molecule has 2 heterocycles. The molecule has 172 valence electrons. The number of methoxy groups -OCH3 is 5. The van der Waals surface area contributed by atoms with Gasteiger partial charge in [0.05, 0.1) is 62.9 Å². The van der Waals surface area contributed by atoms with Crippen molar-refractivity contribution in [2.75, 3.05) is 35.5 Å². The molecule has 11 heteroatoms. The first-order valence-corrected chi connectivity index (χ1v) is 10.3. The number of benzene rings is 1. The van der Waals surface area contributed by atoms with Crippen LogP contribution in [0.5, 0.6) is 17.2 Å². The number of rotatable bonds is 6. The number of fused-ring (bicyclic) bond motifs is 1. The molecule has 2 aliphatic rings. The van der Waals surface area contributed by atoms with E-state index in [0.717, 1.165) is 11.8 Å². The van der Waals surface area contributed by atoms with Crippen molar-refractivity contribution in [3.05, 3.63) is 39.7 Å². The lowest BCUT2D eigenvalue weighted by Gasteiger charge is -2.33. The lowest BCUT2D eigenvalue weighted by molar-refractivity contribution is -0.137. The summed E-state index contributed by atoms with van der Waals surface area (Å²) in [5.41, 5.74) is 6.76. The van der Waals surface area contributed by atoms with Crippen molar-refractivity contribution in [1.29, 1.82) is 0 Å². The van der Waals surface area contributed by atoms with Crippen molar-refractivity contribution >= 4 is 29.6 Å². The number of esters is 2. The van der Waals surface area contributed by atoms with E-state index >= 15 is 0 Å². The first-order valence-electron chi connectivity index (χ1n) is 9.46. The van der Waals surface area contributed by atoms with E-state index in [1.807, 2.05) is 0 Å². The van der Waals surface area contributed by atoms with Crippen LogP contribution in [0.4, 0.5) is 0 Å². The van der Waals surface area contributed by atoms with E-state index in [-0.39, 0.29) is 22.9 Å². The second kappa shape index (κ2) is 9.03. The highest BCUT2D eigenvalue weighted by Gasteiger charge is 2.49. The molecule has 32 heavy (non-hydrogen) atoms. The average molecular weight is 464 g/mol. The van der Waals surface area contributed by atoms with Crippen molar-refractivity contribution in [2.45, 2.75) is 18.1 Å². The summed E-state index contributed by atoms with van der Waals surface area (Å²) < 4.78 is 26.2. The molecule has 0 bridgehead atoms. The number of amides is 1. The molecule has 10 nitrogen and oxygen atoms in total. The zero-order valence-corrected chi connectivity index (χ0v) is 19.3. The minimum atomic E-state index is -1.01. The van der Waals surface area contributed by atoms with E-state index in [0.29, 0.717) is 27.8 Å². The Morgan fingerprint density at radius 3 is 1.94 bits per heavy atom. The first kappa shape index (κ1) is 23.3. The third-order valence-electron chi connectivity index (χ3n) is 5.22. The Kier molecular flexibility index (Phi) is 6.58. The van der Waals surface area contributed by atoms with E-state index in [1.54, 1.807) is 19.1 Å². The van der Waals surface area contributed by atoms with Crippen LogP contribution in [0.2, 0.25) is 0 Å². The number of carbonyl (C=O) groups excluding carboxylic acids is 3. The van der Waals surface area contributed by atoms with Gasteiger partial charge in [0.15, 0.2) is 11.5 Å². The summed E-state index contributed by atoms with van der Waals surface area (Å²) in [5.74, 6) is -2.03. The van der Waals surface area contributed by atoms with Gasteiger partial charge in [0.1, 0.15) is 5.82 Å². The number of thioether (sulfide) groups is 1. The second-order valence-corrected chi connectivity index (χ2v) is 8.16. The van der Waals surface area contributed by atoms with Crippen LogP contribution in [-0.2, 0) is 23.9 Å². The molecule has 0 spiro atoms. The normalized spacial score (nSPS) is 20.2. The van der Waals surface area contributed by atoms with E-state index in [4.69, 9.17) is 29.4 Å². The van der Waals surface area contributed by atoms with Crippen LogP contribution in [0, 0.1) is 0 Å². The van der Waals surface area contributed by atoms with Gasteiger partial charge in [-0.3, -0.25) is 9.69 Å². The highest BCUT2D eigenvalue weighted by atomic mass is 32.2. The highest BCUT2D eigenvalue weighted by Crippen LogP contribution is 2.51. The summed E-state index contributed by atoms with van der Waals surface area (Å²) in [5, 5.41) is -0.209. The van der Waals surface area contributed by atoms with E-state index in [2.05, 4.69) is 0 Å². The minimum Gasteiger partial charge on any atom is -0.493 e. The van der Waals surface area contributed by atoms with Gasteiger partial charge >= 0.3 is 11.9 Å². The molecule has 0 saturated carbocycles. The maximum Gasteiger partial charge on any atom is 0.338 e. The largest absolute Gasteiger partial charge is 0.493 e. The Hall–Kier alpha value is -3.34. The summed E-state index contributed by atoms with van der Waals surface area (Å²) in [6.45, 7) is 1.69. The number of nitrogens with two attached hydrogens (primary N) is 1. The maximum atomic E-state index is 13.0. The van der Waals surface area contributed by atoms with Gasteiger partial charge in [-0.25, -0.2) is 9.59 Å². The molecule has 0 aromatic heterocycles. The van der Waals surface area contributed by atoms with Crippen molar-refractivity contribution in [3.63, 3.8) is 0 Å².